The zero-order chi connectivity index (χ0) is 12.1. The minimum Gasteiger partial charge on any atom is -0.383 e. The first-order chi connectivity index (χ1) is 7.56. The molecule has 0 aliphatic carbocycles. The van der Waals surface area contributed by atoms with Gasteiger partial charge in [0.25, 0.3) is 0 Å². The van der Waals surface area contributed by atoms with E-state index in [1.54, 1.807) is 7.11 Å². The van der Waals surface area contributed by atoms with Gasteiger partial charge < -0.3 is 15.0 Å². The molecule has 0 saturated carbocycles. The molecule has 1 rings (SSSR count). The number of piperidine rings is 1. The van der Waals surface area contributed by atoms with Crippen LogP contribution in [0.4, 0.5) is 0 Å². The van der Waals surface area contributed by atoms with Gasteiger partial charge in [0.1, 0.15) is 0 Å². The smallest absolute Gasteiger partial charge is 0.227 e. The molecule has 1 aliphatic rings. The second-order valence-electron chi connectivity index (χ2n) is 4.84. The van der Waals surface area contributed by atoms with Crippen LogP contribution in [0.1, 0.15) is 26.7 Å². The minimum atomic E-state index is 0.139. The molecule has 4 nitrogen and oxygen atoms in total. The van der Waals surface area contributed by atoms with E-state index < -0.39 is 0 Å². The van der Waals surface area contributed by atoms with Crippen molar-refractivity contribution in [1.82, 2.24) is 10.2 Å². The molecule has 1 saturated heterocycles. The highest BCUT2D eigenvalue weighted by molar-refractivity contribution is 5.79. The SMILES string of the molecule is COCC(C)N(C)C(=O)C1CCC(C)NC1. The molecular weight excluding hydrogens is 204 g/mol. The highest BCUT2D eigenvalue weighted by atomic mass is 16.5. The van der Waals surface area contributed by atoms with Crippen molar-refractivity contribution in [2.75, 3.05) is 27.3 Å². The van der Waals surface area contributed by atoms with Crippen molar-refractivity contribution in [3.63, 3.8) is 0 Å². The topological polar surface area (TPSA) is 41.6 Å². The molecule has 1 amide bonds. The fourth-order valence-corrected chi connectivity index (χ4v) is 2.07. The van der Waals surface area contributed by atoms with Crippen LogP contribution >= 0.6 is 0 Å². The summed E-state index contributed by atoms with van der Waals surface area (Å²) in [5.74, 6) is 0.379. The molecule has 1 heterocycles. The fraction of sp³-hybridized carbons (Fsp3) is 0.917. The van der Waals surface area contributed by atoms with E-state index >= 15 is 0 Å². The summed E-state index contributed by atoms with van der Waals surface area (Å²) in [4.78, 5) is 14.0. The van der Waals surface area contributed by atoms with Crippen molar-refractivity contribution in [1.29, 1.82) is 0 Å². The van der Waals surface area contributed by atoms with Crippen molar-refractivity contribution in [2.45, 2.75) is 38.8 Å². The van der Waals surface area contributed by atoms with E-state index in [9.17, 15) is 4.79 Å². The lowest BCUT2D eigenvalue weighted by molar-refractivity contribution is -0.137. The van der Waals surface area contributed by atoms with E-state index in [2.05, 4.69) is 12.2 Å². The summed E-state index contributed by atoms with van der Waals surface area (Å²) in [6.45, 7) is 5.58. The lowest BCUT2D eigenvalue weighted by atomic mass is 9.94. The predicted octanol–water partition coefficient (Wildman–Crippen LogP) is 0.868. The Bertz CT molecular complexity index is 221. The van der Waals surface area contributed by atoms with Gasteiger partial charge in [-0.15, -0.1) is 0 Å². The van der Waals surface area contributed by atoms with Gasteiger partial charge in [-0.05, 0) is 26.7 Å². The molecule has 1 N–H and O–H groups in total. The van der Waals surface area contributed by atoms with Gasteiger partial charge in [-0.25, -0.2) is 0 Å². The normalized spacial score (nSPS) is 27.5. The Kier molecular flexibility index (Phi) is 5.22. The van der Waals surface area contributed by atoms with Crippen LogP contribution in [-0.2, 0) is 9.53 Å². The summed E-state index contributed by atoms with van der Waals surface area (Å²) in [6, 6.07) is 0.697. The van der Waals surface area contributed by atoms with Crippen LogP contribution in [0.3, 0.4) is 0 Å². The fourth-order valence-electron chi connectivity index (χ4n) is 2.07. The summed E-state index contributed by atoms with van der Waals surface area (Å²) in [6.07, 6.45) is 2.08. The zero-order valence-corrected chi connectivity index (χ0v) is 10.8. The average molecular weight is 228 g/mol. The Morgan fingerprint density at radius 3 is 2.75 bits per heavy atom. The third-order valence-electron chi connectivity index (χ3n) is 3.43. The van der Waals surface area contributed by atoms with E-state index in [0.29, 0.717) is 12.6 Å². The van der Waals surface area contributed by atoms with Gasteiger partial charge >= 0.3 is 0 Å². The second-order valence-corrected chi connectivity index (χ2v) is 4.84. The van der Waals surface area contributed by atoms with Crippen LogP contribution in [-0.4, -0.2) is 50.2 Å². The van der Waals surface area contributed by atoms with Gasteiger partial charge in [0.05, 0.1) is 18.6 Å². The summed E-state index contributed by atoms with van der Waals surface area (Å²) in [5, 5.41) is 3.36. The van der Waals surface area contributed by atoms with E-state index in [0.717, 1.165) is 19.4 Å². The second kappa shape index (κ2) is 6.21. The number of hydrogen-bond acceptors (Lipinski definition) is 3. The molecule has 0 aromatic carbocycles. The van der Waals surface area contributed by atoms with Gasteiger partial charge in [0.2, 0.25) is 5.91 Å². The van der Waals surface area contributed by atoms with E-state index in [1.807, 2.05) is 18.9 Å². The molecule has 0 aromatic rings. The van der Waals surface area contributed by atoms with Crippen LogP contribution in [0.15, 0.2) is 0 Å². The number of carbonyl (C=O) groups is 1. The summed E-state index contributed by atoms with van der Waals surface area (Å²) < 4.78 is 5.07. The Balaban J connectivity index is 2.44. The maximum atomic E-state index is 12.2. The van der Waals surface area contributed by atoms with Crippen LogP contribution in [0.5, 0.6) is 0 Å². The van der Waals surface area contributed by atoms with Crippen molar-refractivity contribution < 1.29 is 9.53 Å². The number of carbonyl (C=O) groups excluding carboxylic acids is 1. The summed E-state index contributed by atoms with van der Waals surface area (Å²) >= 11 is 0. The quantitative estimate of drug-likeness (QED) is 0.776. The third-order valence-corrected chi connectivity index (χ3v) is 3.43. The molecular formula is C12H24N2O2. The van der Waals surface area contributed by atoms with Crippen LogP contribution in [0, 0.1) is 5.92 Å². The lowest BCUT2D eigenvalue weighted by Gasteiger charge is -2.32. The number of amides is 1. The van der Waals surface area contributed by atoms with Crippen molar-refractivity contribution >= 4 is 5.91 Å². The number of nitrogens with zero attached hydrogens (tertiary/aromatic N) is 1. The number of likely N-dealkylation sites (N-methyl/N-ethyl adjacent to an activating group) is 1. The number of nitrogens with one attached hydrogen (secondary N) is 1. The molecule has 4 heteroatoms. The average Bonchev–Trinajstić information content (AvgIpc) is 2.28. The van der Waals surface area contributed by atoms with E-state index in [4.69, 9.17) is 4.74 Å². The number of ether oxygens (including phenoxy) is 1. The molecule has 0 radical (unpaired) electrons. The monoisotopic (exact) mass is 228 g/mol. The molecule has 0 spiro atoms. The molecule has 0 bridgehead atoms. The molecule has 3 atom stereocenters. The van der Waals surface area contributed by atoms with E-state index in [-0.39, 0.29) is 17.9 Å². The predicted molar refractivity (Wildman–Crippen MR) is 64.3 cm³/mol. The van der Waals surface area contributed by atoms with Crippen molar-refractivity contribution in [3.05, 3.63) is 0 Å². The largest absolute Gasteiger partial charge is 0.383 e. The minimum absolute atomic E-state index is 0.139. The zero-order valence-electron chi connectivity index (χ0n) is 10.8. The van der Waals surface area contributed by atoms with Crippen LogP contribution < -0.4 is 5.32 Å². The van der Waals surface area contributed by atoms with Gasteiger partial charge in [0.15, 0.2) is 0 Å². The molecule has 1 fully saturated rings. The molecule has 1 aliphatic heterocycles. The van der Waals surface area contributed by atoms with E-state index in [1.165, 1.54) is 0 Å². The van der Waals surface area contributed by atoms with Crippen molar-refractivity contribution in [3.8, 4) is 0 Å². The summed E-state index contributed by atoms with van der Waals surface area (Å²) in [5.41, 5.74) is 0. The highest BCUT2D eigenvalue weighted by Gasteiger charge is 2.28. The number of rotatable bonds is 4. The lowest BCUT2D eigenvalue weighted by Crippen LogP contribution is -2.47. The first kappa shape index (κ1) is 13.5. The highest BCUT2D eigenvalue weighted by Crippen LogP contribution is 2.17. The van der Waals surface area contributed by atoms with Gasteiger partial charge in [0, 0.05) is 26.7 Å². The number of methoxy groups -OCH3 is 1. The molecule has 0 aromatic heterocycles. The Morgan fingerprint density at radius 1 is 1.56 bits per heavy atom. The van der Waals surface area contributed by atoms with Crippen LogP contribution in [0.2, 0.25) is 0 Å². The molecule has 3 unspecified atom stereocenters. The first-order valence-corrected chi connectivity index (χ1v) is 6.05. The first-order valence-electron chi connectivity index (χ1n) is 6.05. The molecule has 94 valence electrons. The standard InChI is InChI=1S/C12H24N2O2/c1-9-5-6-11(7-13-9)12(15)14(3)10(2)8-16-4/h9-11,13H,5-8H2,1-4H3. The Morgan fingerprint density at radius 2 is 2.25 bits per heavy atom. The maximum Gasteiger partial charge on any atom is 0.227 e. The van der Waals surface area contributed by atoms with Crippen LogP contribution in [0.25, 0.3) is 0 Å². The molecule has 16 heavy (non-hydrogen) atoms. The van der Waals surface area contributed by atoms with Crippen molar-refractivity contribution in [2.24, 2.45) is 5.92 Å². The Hall–Kier alpha value is -0.610. The Labute approximate surface area is 98.3 Å². The van der Waals surface area contributed by atoms with Gasteiger partial charge in [-0.3, -0.25) is 4.79 Å². The maximum absolute atomic E-state index is 12.2. The summed E-state index contributed by atoms with van der Waals surface area (Å²) in [7, 11) is 3.53. The van der Waals surface area contributed by atoms with Gasteiger partial charge in [-0.2, -0.15) is 0 Å². The third kappa shape index (κ3) is 3.46. The number of hydrogen-bond donors (Lipinski definition) is 1. The van der Waals surface area contributed by atoms with Gasteiger partial charge in [-0.1, -0.05) is 0 Å².